The van der Waals surface area contributed by atoms with E-state index in [1.165, 1.54) is 7.11 Å². The van der Waals surface area contributed by atoms with Gasteiger partial charge >= 0.3 is 0 Å². The Labute approximate surface area is 179 Å². The van der Waals surface area contributed by atoms with Crippen LogP contribution in [0.3, 0.4) is 0 Å². The number of hydrogen-bond donors (Lipinski definition) is 1. The van der Waals surface area contributed by atoms with Crippen molar-refractivity contribution in [1.82, 2.24) is 5.32 Å². The molecule has 164 valence electrons. The molecule has 0 heterocycles. The van der Waals surface area contributed by atoms with Crippen LogP contribution in [0.4, 0.5) is 5.69 Å². The maximum Gasteiger partial charge on any atom is 0.243 e. The molecule has 2 rings (SSSR count). The fourth-order valence-electron chi connectivity index (χ4n) is 3.05. The lowest BCUT2D eigenvalue weighted by Gasteiger charge is -2.29. The largest absolute Gasteiger partial charge is 0.495 e. The van der Waals surface area contributed by atoms with Crippen LogP contribution in [0.15, 0.2) is 42.5 Å². The van der Waals surface area contributed by atoms with E-state index in [1.807, 2.05) is 51.1 Å². The number of nitrogens with zero attached hydrogens (tertiary/aromatic N) is 1. The van der Waals surface area contributed by atoms with Crippen molar-refractivity contribution >= 4 is 21.6 Å². The molecule has 0 saturated heterocycles. The molecule has 7 nitrogen and oxygen atoms in total. The number of aryl methyl sites for hydroxylation is 1. The molecule has 0 aliphatic carbocycles. The van der Waals surface area contributed by atoms with E-state index >= 15 is 0 Å². The van der Waals surface area contributed by atoms with Crippen LogP contribution in [0, 0.1) is 6.92 Å². The number of rotatable bonds is 9. The lowest BCUT2D eigenvalue weighted by molar-refractivity contribution is -0.122. The number of methoxy groups -OCH3 is 1. The third-order valence-electron chi connectivity index (χ3n) is 4.42. The highest BCUT2D eigenvalue weighted by Crippen LogP contribution is 2.32. The molecular weight excluding hydrogens is 404 g/mol. The zero-order chi connectivity index (χ0) is 22.5. The minimum Gasteiger partial charge on any atom is -0.495 e. The van der Waals surface area contributed by atoms with E-state index in [-0.39, 0.29) is 12.6 Å². The number of ether oxygens (including phenoxy) is 2. The molecule has 0 radical (unpaired) electrons. The highest BCUT2D eigenvalue weighted by molar-refractivity contribution is 7.92. The second-order valence-corrected chi connectivity index (χ2v) is 9.30. The van der Waals surface area contributed by atoms with Gasteiger partial charge in [0.25, 0.3) is 0 Å². The SMILES string of the molecule is COc1ccc(C)cc1N([C@H](C)C(=O)NCc1ccc(OC(C)C)cc1)S(C)(=O)=O. The quantitative estimate of drug-likeness (QED) is 0.655. The summed E-state index contributed by atoms with van der Waals surface area (Å²) in [6.07, 6.45) is 1.16. The van der Waals surface area contributed by atoms with Crippen LogP contribution < -0.4 is 19.1 Å². The summed E-state index contributed by atoms with van der Waals surface area (Å²) in [5.74, 6) is 0.723. The van der Waals surface area contributed by atoms with Crippen molar-refractivity contribution in [3.63, 3.8) is 0 Å². The number of hydrogen-bond acceptors (Lipinski definition) is 5. The zero-order valence-electron chi connectivity index (χ0n) is 18.3. The van der Waals surface area contributed by atoms with Crippen LogP contribution >= 0.6 is 0 Å². The summed E-state index contributed by atoms with van der Waals surface area (Å²) < 4.78 is 37.1. The first-order chi connectivity index (χ1) is 14.0. The first-order valence-corrected chi connectivity index (χ1v) is 11.5. The predicted molar refractivity (Wildman–Crippen MR) is 119 cm³/mol. The lowest BCUT2D eigenvalue weighted by Crippen LogP contribution is -2.47. The molecule has 1 N–H and O–H groups in total. The molecule has 0 aliphatic rings. The van der Waals surface area contributed by atoms with Crippen LogP contribution in [0.5, 0.6) is 11.5 Å². The van der Waals surface area contributed by atoms with Crippen molar-refractivity contribution in [2.45, 2.75) is 46.4 Å². The Bertz CT molecular complexity index is 972. The first-order valence-electron chi connectivity index (χ1n) is 9.70. The van der Waals surface area contributed by atoms with Crippen molar-refractivity contribution < 1.29 is 22.7 Å². The number of anilines is 1. The van der Waals surface area contributed by atoms with Gasteiger partial charge in [-0.3, -0.25) is 9.10 Å². The third-order valence-corrected chi connectivity index (χ3v) is 5.65. The van der Waals surface area contributed by atoms with Gasteiger partial charge in [-0.1, -0.05) is 18.2 Å². The fourth-order valence-corrected chi connectivity index (χ4v) is 4.22. The van der Waals surface area contributed by atoms with Gasteiger partial charge in [0.1, 0.15) is 17.5 Å². The van der Waals surface area contributed by atoms with Crippen LogP contribution in [-0.2, 0) is 21.4 Å². The van der Waals surface area contributed by atoms with Crippen molar-refractivity contribution in [3.8, 4) is 11.5 Å². The normalized spacial score (nSPS) is 12.4. The minimum absolute atomic E-state index is 0.0805. The summed E-state index contributed by atoms with van der Waals surface area (Å²) in [5.41, 5.74) is 2.07. The van der Waals surface area contributed by atoms with Crippen LogP contribution in [-0.4, -0.2) is 39.8 Å². The molecule has 0 saturated carbocycles. The van der Waals surface area contributed by atoms with Gasteiger partial charge in [0.05, 0.1) is 25.2 Å². The van der Waals surface area contributed by atoms with E-state index in [1.54, 1.807) is 19.1 Å². The lowest BCUT2D eigenvalue weighted by atomic mass is 10.1. The topological polar surface area (TPSA) is 84.9 Å². The smallest absolute Gasteiger partial charge is 0.243 e. The Kier molecular flexibility index (Phi) is 7.72. The van der Waals surface area contributed by atoms with Gasteiger partial charge in [-0.05, 0) is 63.1 Å². The van der Waals surface area contributed by atoms with Gasteiger partial charge < -0.3 is 14.8 Å². The molecule has 0 aromatic heterocycles. The van der Waals surface area contributed by atoms with E-state index < -0.39 is 22.0 Å². The summed E-state index contributed by atoms with van der Waals surface area (Å²) in [6, 6.07) is 11.6. The average Bonchev–Trinajstić information content (AvgIpc) is 2.66. The second kappa shape index (κ2) is 9.84. The Hall–Kier alpha value is -2.74. The van der Waals surface area contributed by atoms with E-state index in [2.05, 4.69) is 5.32 Å². The number of benzene rings is 2. The molecule has 8 heteroatoms. The third kappa shape index (κ3) is 6.13. The monoisotopic (exact) mass is 434 g/mol. The molecule has 1 atom stereocenters. The van der Waals surface area contributed by atoms with Crippen molar-refractivity contribution in [2.24, 2.45) is 0 Å². The summed E-state index contributed by atoms with van der Waals surface area (Å²) in [4.78, 5) is 12.8. The number of carbonyl (C=O) groups excluding carboxylic acids is 1. The molecule has 0 aliphatic heterocycles. The van der Waals surface area contributed by atoms with E-state index in [4.69, 9.17) is 9.47 Å². The molecule has 2 aromatic carbocycles. The summed E-state index contributed by atoms with van der Waals surface area (Å²) in [6.45, 7) is 7.57. The number of sulfonamides is 1. The standard InChI is InChI=1S/C22H30N2O5S/c1-15(2)29-19-10-8-18(9-11-19)14-23-22(25)17(4)24(30(6,26)27)20-13-16(3)7-12-21(20)28-5/h7-13,15,17H,14H2,1-6H3,(H,23,25)/t17-/m1/s1. The Morgan fingerprint density at radius 3 is 2.27 bits per heavy atom. The van der Waals surface area contributed by atoms with Crippen LogP contribution in [0.2, 0.25) is 0 Å². The van der Waals surface area contributed by atoms with Gasteiger partial charge in [0.15, 0.2) is 0 Å². The van der Waals surface area contributed by atoms with Crippen molar-refractivity contribution in [1.29, 1.82) is 0 Å². The molecule has 30 heavy (non-hydrogen) atoms. The molecule has 0 fully saturated rings. The van der Waals surface area contributed by atoms with Crippen molar-refractivity contribution in [2.75, 3.05) is 17.7 Å². The van der Waals surface area contributed by atoms with Crippen LogP contribution in [0.1, 0.15) is 31.9 Å². The van der Waals surface area contributed by atoms with Gasteiger partial charge in [-0.25, -0.2) is 8.42 Å². The summed E-state index contributed by atoms with van der Waals surface area (Å²) in [7, 11) is -2.27. The maximum atomic E-state index is 12.8. The summed E-state index contributed by atoms with van der Waals surface area (Å²) >= 11 is 0. The Morgan fingerprint density at radius 2 is 1.73 bits per heavy atom. The van der Waals surface area contributed by atoms with E-state index in [0.29, 0.717) is 11.4 Å². The molecular formula is C22H30N2O5S. The van der Waals surface area contributed by atoms with Gasteiger partial charge in [-0.15, -0.1) is 0 Å². The first kappa shape index (κ1) is 23.5. The zero-order valence-corrected chi connectivity index (χ0v) is 19.1. The Morgan fingerprint density at radius 1 is 1.10 bits per heavy atom. The molecule has 2 aromatic rings. The summed E-state index contributed by atoms with van der Waals surface area (Å²) in [5, 5.41) is 2.81. The number of nitrogens with one attached hydrogen (secondary N) is 1. The van der Waals surface area contributed by atoms with Gasteiger partial charge in [-0.2, -0.15) is 0 Å². The molecule has 1 amide bonds. The predicted octanol–water partition coefficient (Wildman–Crippen LogP) is 3.26. The number of amides is 1. The van der Waals surface area contributed by atoms with Gasteiger partial charge in [0.2, 0.25) is 15.9 Å². The van der Waals surface area contributed by atoms with E-state index in [0.717, 1.165) is 27.4 Å². The molecule has 0 spiro atoms. The number of carbonyl (C=O) groups is 1. The highest BCUT2D eigenvalue weighted by Gasteiger charge is 2.31. The van der Waals surface area contributed by atoms with Crippen LogP contribution in [0.25, 0.3) is 0 Å². The fraction of sp³-hybridized carbons (Fsp3) is 0.409. The Balaban J connectivity index is 2.18. The molecule has 0 bridgehead atoms. The molecule has 0 unspecified atom stereocenters. The highest BCUT2D eigenvalue weighted by atomic mass is 32.2. The van der Waals surface area contributed by atoms with Crippen molar-refractivity contribution in [3.05, 3.63) is 53.6 Å². The maximum absolute atomic E-state index is 12.8. The average molecular weight is 435 g/mol. The van der Waals surface area contributed by atoms with Gasteiger partial charge in [0, 0.05) is 6.54 Å². The van der Waals surface area contributed by atoms with E-state index in [9.17, 15) is 13.2 Å². The second-order valence-electron chi connectivity index (χ2n) is 7.44. The minimum atomic E-state index is -3.74.